The summed E-state index contributed by atoms with van der Waals surface area (Å²) in [5, 5.41) is 2.83. The SMILES string of the molecule is Cc1cccc(C)c1OCC(=O)NNC(=O)[C@H]1CCCN(C(=O)Nc2ccccc2)C1. The number of anilines is 1. The Morgan fingerprint density at radius 2 is 1.71 bits per heavy atom. The van der Waals surface area contributed by atoms with Crippen LogP contribution in [-0.4, -0.2) is 42.4 Å². The van der Waals surface area contributed by atoms with Crippen molar-refractivity contribution in [3.8, 4) is 5.75 Å². The highest BCUT2D eigenvalue weighted by Crippen LogP contribution is 2.22. The lowest BCUT2D eigenvalue weighted by Crippen LogP contribution is -2.51. The molecular weight excluding hydrogens is 396 g/mol. The van der Waals surface area contributed by atoms with Crippen LogP contribution in [0.25, 0.3) is 0 Å². The minimum absolute atomic E-state index is 0.206. The quantitative estimate of drug-likeness (QED) is 0.643. The number of amides is 4. The fourth-order valence-corrected chi connectivity index (χ4v) is 3.53. The number of para-hydroxylation sites is 2. The average Bonchev–Trinajstić information content (AvgIpc) is 2.78. The Bertz CT molecular complexity index is 912. The van der Waals surface area contributed by atoms with Crippen LogP contribution in [0.15, 0.2) is 48.5 Å². The van der Waals surface area contributed by atoms with Gasteiger partial charge in [0.1, 0.15) is 5.75 Å². The molecule has 1 saturated heterocycles. The molecule has 1 fully saturated rings. The molecule has 8 heteroatoms. The maximum atomic E-state index is 12.5. The van der Waals surface area contributed by atoms with Gasteiger partial charge >= 0.3 is 6.03 Å². The zero-order valence-electron chi connectivity index (χ0n) is 17.8. The Hall–Kier alpha value is -3.55. The second-order valence-electron chi connectivity index (χ2n) is 7.63. The first-order chi connectivity index (χ1) is 14.9. The lowest BCUT2D eigenvalue weighted by molar-refractivity contribution is -0.132. The predicted octanol–water partition coefficient (Wildman–Crippen LogP) is 2.77. The summed E-state index contributed by atoms with van der Waals surface area (Å²) in [5.41, 5.74) is 7.42. The van der Waals surface area contributed by atoms with Crippen molar-refractivity contribution in [2.75, 3.05) is 25.0 Å². The van der Waals surface area contributed by atoms with Crippen LogP contribution >= 0.6 is 0 Å². The maximum absolute atomic E-state index is 12.5. The van der Waals surface area contributed by atoms with Gasteiger partial charge in [-0.25, -0.2) is 4.79 Å². The van der Waals surface area contributed by atoms with Gasteiger partial charge in [-0.05, 0) is 49.9 Å². The van der Waals surface area contributed by atoms with Gasteiger partial charge in [0.25, 0.3) is 5.91 Å². The van der Waals surface area contributed by atoms with E-state index in [1.54, 1.807) is 4.90 Å². The van der Waals surface area contributed by atoms with Gasteiger partial charge in [0.2, 0.25) is 5.91 Å². The third kappa shape index (κ3) is 6.21. The Balaban J connectivity index is 1.44. The van der Waals surface area contributed by atoms with Gasteiger partial charge in [-0.3, -0.25) is 20.4 Å². The molecule has 3 N–H and O–H groups in total. The third-order valence-corrected chi connectivity index (χ3v) is 5.19. The van der Waals surface area contributed by atoms with Crippen molar-refractivity contribution in [3.63, 3.8) is 0 Å². The summed E-state index contributed by atoms with van der Waals surface area (Å²) in [4.78, 5) is 38.7. The second-order valence-corrected chi connectivity index (χ2v) is 7.63. The van der Waals surface area contributed by atoms with Crippen molar-refractivity contribution in [1.29, 1.82) is 0 Å². The van der Waals surface area contributed by atoms with Gasteiger partial charge in [-0.15, -0.1) is 0 Å². The summed E-state index contributed by atoms with van der Waals surface area (Å²) in [5.74, 6) is -0.505. The number of carbonyl (C=O) groups excluding carboxylic acids is 3. The molecule has 4 amide bonds. The van der Waals surface area contributed by atoms with Gasteiger partial charge in [-0.2, -0.15) is 0 Å². The fraction of sp³-hybridized carbons (Fsp3) is 0.348. The van der Waals surface area contributed by atoms with Crippen molar-refractivity contribution < 1.29 is 19.1 Å². The number of urea groups is 1. The summed E-state index contributed by atoms with van der Waals surface area (Å²) in [6.45, 7) is 4.48. The third-order valence-electron chi connectivity index (χ3n) is 5.19. The van der Waals surface area contributed by atoms with Gasteiger partial charge in [0.15, 0.2) is 6.61 Å². The van der Waals surface area contributed by atoms with Crippen LogP contribution in [-0.2, 0) is 9.59 Å². The minimum Gasteiger partial charge on any atom is -0.483 e. The normalized spacial score (nSPS) is 15.7. The topological polar surface area (TPSA) is 99.8 Å². The van der Waals surface area contributed by atoms with E-state index in [0.29, 0.717) is 37.4 Å². The van der Waals surface area contributed by atoms with Crippen molar-refractivity contribution in [3.05, 3.63) is 59.7 Å². The van der Waals surface area contributed by atoms with E-state index < -0.39 is 11.8 Å². The highest BCUT2D eigenvalue weighted by atomic mass is 16.5. The summed E-state index contributed by atoms with van der Waals surface area (Å²) < 4.78 is 5.59. The van der Waals surface area contributed by atoms with Crippen molar-refractivity contribution in [2.24, 2.45) is 5.92 Å². The largest absolute Gasteiger partial charge is 0.483 e. The number of aryl methyl sites for hydroxylation is 2. The van der Waals surface area contributed by atoms with Crippen LogP contribution in [0, 0.1) is 19.8 Å². The van der Waals surface area contributed by atoms with E-state index in [0.717, 1.165) is 11.1 Å². The molecule has 31 heavy (non-hydrogen) atoms. The summed E-state index contributed by atoms with van der Waals surface area (Å²) in [7, 11) is 0. The van der Waals surface area contributed by atoms with E-state index in [-0.39, 0.29) is 18.5 Å². The van der Waals surface area contributed by atoms with Crippen LogP contribution in [0.1, 0.15) is 24.0 Å². The number of ether oxygens (including phenoxy) is 1. The predicted molar refractivity (Wildman–Crippen MR) is 117 cm³/mol. The first kappa shape index (κ1) is 22.1. The molecule has 2 aromatic carbocycles. The van der Waals surface area contributed by atoms with Crippen LogP contribution in [0.5, 0.6) is 5.75 Å². The number of nitrogens with one attached hydrogen (secondary N) is 3. The van der Waals surface area contributed by atoms with E-state index in [4.69, 9.17) is 4.74 Å². The van der Waals surface area contributed by atoms with Crippen LogP contribution in [0.3, 0.4) is 0 Å². The van der Waals surface area contributed by atoms with Crippen LogP contribution in [0.2, 0.25) is 0 Å². The molecule has 164 valence electrons. The smallest absolute Gasteiger partial charge is 0.321 e. The molecule has 8 nitrogen and oxygen atoms in total. The van der Waals surface area contributed by atoms with Gasteiger partial charge in [0.05, 0.1) is 5.92 Å². The Morgan fingerprint density at radius 1 is 1.00 bits per heavy atom. The van der Waals surface area contributed by atoms with Crippen molar-refractivity contribution >= 4 is 23.5 Å². The molecule has 0 unspecified atom stereocenters. The van der Waals surface area contributed by atoms with E-state index in [9.17, 15) is 14.4 Å². The molecule has 1 aliphatic rings. The van der Waals surface area contributed by atoms with E-state index in [2.05, 4.69) is 16.2 Å². The highest BCUT2D eigenvalue weighted by molar-refractivity contribution is 5.90. The molecular formula is C23H28N4O4. The molecule has 0 radical (unpaired) electrons. The number of hydrazine groups is 1. The average molecular weight is 425 g/mol. The van der Waals surface area contributed by atoms with Crippen molar-refractivity contribution in [2.45, 2.75) is 26.7 Å². The zero-order chi connectivity index (χ0) is 22.2. The first-order valence-corrected chi connectivity index (χ1v) is 10.3. The summed E-state index contributed by atoms with van der Waals surface area (Å²) >= 11 is 0. The number of hydrogen-bond acceptors (Lipinski definition) is 4. The molecule has 0 spiro atoms. The number of piperidine rings is 1. The summed E-state index contributed by atoms with van der Waals surface area (Å²) in [6.07, 6.45) is 1.36. The Kier molecular flexibility index (Phi) is 7.48. The van der Waals surface area contributed by atoms with E-state index in [1.807, 2.05) is 62.4 Å². The molecule has 0 bridgehead atoms. The molecule has 0 aliphatic carbocycles. The molecule has 1 atom stereocenters. The molecule has 1 heterocycles. The molecule has 2 aromatic rings. The van der Waals surface area contributed by atoms with Crippen LogP contribution in [0.4, 0.5) is 10.5 Å². The first-order valence-electron chi connectivity index (χ1n) is 10.3. The number of hydrogen-bond donors (Lipinski definition) is 3. The lowest BCUT2D eigenvalue weighted by Gasteiger charge is -2.32. The number of nitrogens with zero attached hydrogens (tertiary/aromatic N) is 1. The second kappa shape index (κ2) is 10.5. The molecule has 3 rings (SSSR count). The maximum Gasteiger partial charge on any atom is 0.321 e. The number of likely N-dealkylation sites (tertiary alicyclic amines) is 1. The standard InChI is InChI=1S/C23H28N4O4/c1-16-8-6-9-17(2)21(16)31-15-20(28)25-26-22(29)18-10-7-13-27(14-18)23(30)24-19-11-4-3-5-12-19/h3-6,8-9,11-12,18H,7,10,13-15H2,1-2H3,(H,24,30)(H,25,28)(H,26,29)/t18-/m0/s1. The van der Waals surface area contributed by atoms with Crippen LogP contribution < -0.4 is 20.9 Å². The highest BCUT2D eigenvalue weighted by Gasteiger charge is 2.28. The van der Waals surface area contributed by atoms with E-state index >= 15 is 0 Å². The number of carbonyl (C=O) groups is 3. The van der Waals surface area contributed by atoms with E-state index in [1.165, 1.54) is 0 Å². The molecule has 0 saturated carbocycles. The lowest BCUT2D eigenvalue weighted by atomic mass is 9.98. The fourth-order valence-electron chi connectivity index (χ4n) is 3.53. The molecule has 1 aliphatic heterocycles. The monoisotopic (exact) mass is 424 g/mol. The minimum atomic E-state index is -0.453. The van der Waals surface area contributed by atoms with Crippen molar-refractivity contribution in [1.82, 2.24) is 15.8 Å². The van der Waals surface area contributed by atoms with Gasteiger partial charge < -0.3 is 15.0 Å². The zero-order valence-corrected chi connectivity index (χ0v) is 17.8. The van der Waals surface area contributed by atoms with Gasteiger partial charge in [-0.1, -0.05) is 36.4 Å². The summed E-state index contributed by atoms with van der Waals surface area (Å²) in [6, 6.07) is 14.7. The molecule has 0 aromatic heterocycles. The number of benzene rings is 2. The Labute approximate surface area is 181 Å². The van der Waals surface area contributed by atoms with Gasteiger partial charge in [0, 0.05) is 18.8 Å². The number of rotatable bonds is 5. The Morgan fingerprint density at radius 3 is 2.42 bits per heavy atom.